The number of furan rings is 1. The molecule has 1 aliphatic heterocycles. The van der Waals surface area contributed by atoms with Crippen molar-refractivity contribution in [3.8, 4) is 0 Å². The number of amides is 1. The standard InChI is InChI=1S/C18H25N5O2/c1-14(16-7-5-11-25-16)20-18(24)13-22(2)12-15-6-4-10-23(15)17-8-3-9-19-21-17/h3,5,7-9,11,14-15H,4,6,10,12-13H2,1-2H3,(H,20,24)/t14-,15-/m0/s1. The molecule has 0 spiro atoms. The number of hydrogen-bond acceptors (Lipinski definition) is 6. The lowest BCUT2D eigenvalue weighted by molar-refractivity contribution is -0.122. The molecule has 2 atom stereocenters. The van der Waals surface area contributed by atoms with Gasteiger partial charge in [0, 0.05) is 25.3 Å². The van der Waals surface area contributed by atoms with E-state index in [-0.39, 0.29) is 11.9 Å². The molecular weight excluding hydrogens is 318 g/mol. The van der Waals surface area contributed by atoms with Crippen LogP contribution < -0.4 is 10.2 Å². The summed E-state index contributed by atoms with van der Waals surface area (Å²) in [6, 6.07) is 7.82. The predicted octanol–water partition coefficient (Wildman–Crippen LogP) is 1.85. The lowest BCUT2D eigenvalue weighted by atomic mass is 10.2. The SMILES string of the molecule is C[C@H](NC(=O)CN(C)C[C@@H]1CCCN1c1cccnn1)c1ccco1. The summed E-state index contributed by atoms with van der Waals surface area (Å²) in [5, 5.41) is 11.2. The molecule has 2 aromatic rings. The first-order valence-electron chi connectivity index (χ1n) is 8.69. The molecule has 0 unspecified atom stereocenters. The molecule has 0 saturated carbocycles. The normalized spacial score (nSPS) is 18.5. The van der Waals surface area contributed by atoms with E-state index in [9.17, 15) is 4.79 Å². The minimum atomic E-state index is -0.126. The van der Waals surface area contributed by atoms with Crippen molar-refractivity contribution >= 4 is 11.7 Å². The van der Waals surface area contributed by atoms with E-state index < -0.39 is 0 Å². The van der Waals surface area contributed by atoms with Gasteiger partial charge in [-0.1, -0.05) is 0 Å². The third-order valence-corrected chi connectivity index (χ3v) is 4.51. The van der Waals surface area contributed by atoms with E-state index in [1.165, 1.54) is 0 Å². The Kier molecular flexibility index (Phi) is 5.65. The maximum atomic E-state index is 12.3. The maximum Gasteiger partial charge on any atom is 0.234 e. The van der Waals surface area contributed by atoms with Crippen molar-refractivity contribution < 1.29 is 9.21 Å². The van der Waals surface area contributed by atoms with Crippen LogP contribution in [0, 0.1) is 0 Å². The van der Waals surface area contributed by atoms with Gasteiger partial charge in [0.1, 0.15) is 5.76 Å². The van der Waals surface area contributed by atoms with Crippen molar-refractivity contribution in [2.75, 3.05) is 31.6 Å². The van der Waals surface area contributed by atoms with Crippen LogP contribution in [0.25, 0.3) is 0 Å². The molecule has 0 aromatic carbocycles. The fraction of sp³-hybridized carbons (Fsp3) is 0.500. The summed E-state index contributed by atoms with van der Waals surface area (Å²) in [6.45, 7) is 4.08. The second kappa shape index (κ2) is 8.11. The number of anilines is 1. The second-order valence-corrected chi connectivity index (χ2v) is 6.57. The summed E-state index contributed by atoms with van der Waals surface area (Å²) in [6.07, 6.45) is 5.54. The van der Waals surface area contributed by atoms with Crippen LogP contribution in [-0.4, -0.2) is 53.7 Å². The number of aromatic nitrogens is 2. The van der Waals surface area contributed by atoms with Crippen LogP contribution in [0.15, 0.2) is 41.1 Å². The Hall–Kier alpha value is -2.41. The average molecular weight is 343 g/mol. The molecule has 0 bridgehead atoms. The number of nitrogens with one attached hydrogen (secondary N) is 1. The van der Waals surface area contributed by atoms with E-state index in [2.05, 4.69) is 25.3 Å². The molecule has 3 rings (SSSR count). The minimum absolute atomic E-state index is 0.00421. The van der Waals surface area contributed by atoms with Gasteiger partial charge in [-0.3, -0.25) is 9.69 Å². The fourth-order valence-corrected chi connectivity index (χ4v) is 3.34. The van der Waals surface area contributed by atoms with Crippen molar-refractivity contribution in [3.63, 3.8) is 0 Å². The number of rotatable bonds is 7. The van der Waals surface area contributed by atoms with Gasteiger partial charge in [0.05, 0.1) is 18.8 Å². The van der Waals surface area contributed by atoms with Crippen LogP contribution in [0.3, 0.4) is 0 Å². The number of hydrogen-bond donors (Lipinski definition) is 1. The van der Waals surface area contributed by atoms with Crippen LogP contribution in [0.1, 0.15) is 31.6 Å². The Morgan fingerprint density at radius 1 is 1.48 bits per heavy atom. The molecule has 1 amide bonds. The van der Waals surface area contributed by atoms with Gasteiger partial charge in [-0.2, -0.15) is 5.10 Å². The third kappa shape index (κ3) is 4.57. The molecule has 0 aliphatic carbocycles. The van der Waals surface area contributed by atoms with E-state index in [0.29, 0.717) is 12.6 Å². The summed E-state index contributed by atoms with van der Waals surface area (Å²) in [4.78, 5) is 16.6. The molecule has 25 heavy (non-hydrogen) atoms. The summed E-state index contributed by atoms with van der Waals surface area (Å²) in [5.41, 5.74) is 0. The smallest absolute Gasteiger partial charge is 0.234 e. The van der Waals surface area contributed by atoms with Crippen molar-refractivity contribution in [2.24, 2.45) is 0 Å². The average Bonchev–Trinajstić information content (AvgIpc) is 3.27. The van der Waals surface area contributed by atoms with Crippen LogP contribution in [0.2, 0.25) is 0 Å². The molecule has 3 heterocycles. The first-order valence-corrected chi connectivity index (χ1v) is 8.69. The van der Waals surface area contributed by atoms with Gasteiger partial charge >= 0.3 is 0 Å². The largest absolute Gasteiger partial charge is 0.467 e. The second-order valence-electron chi connectivity index (χ2n) is 6.57. The van der Waals surface area contributed by atoms with E-state index in [0.717, 1.165) is 37.5 Å². The van der Waals surface area contributed by atoms with Crippen molar-refractivity contribution in [1.29, 1.82) is 0 Å². The zero-order valence-electron chi connectivity index (χ0n) is 14.8. The van der Waals surface area contributed by atoms with E-state index in [4.69, 9.17) is 4.42 Å². The lowest BCUT2D eigenvalue weighted by Crippen LogP contribution is -2.43. The van der Waals surface area contributed by atoms with E-state index in [1.54, 1.807) is 12.5 Å². The Bertz CT molecular complexity index is 661. The quantitative estimate of drug-likeness (QED) is 0.827. The first-order chi connectivity index (χ1) is 12.1. The lowest BCUT2D eigenvalue weighted by Gasteiger charge is -2.29. The van der Waals surface area contributed by atoms with Gasteiger partial charge in [0.2, 0.25) is 5.91 Å². The van der Waals surface area contributed by atoms with Crippen LogP contribution >= 0.6 is 0 Å². The third-order valence-electron chi connectivity index (χ3n) is 4.51. The molecule has 0 radical (unpaired) electrons. The zero-order valence-corrected chi connectivity index (χ0v) is 14.8. The Morgan fingerprint density at radius 2 is 2.36 bits per heavy atom. The molecule has 7 nitrogen and oxygen atoms in total. The van der Waals surface area contributed by atoms with Crippen LogP contribution in [0.5, 0.6) is 0 Å². The monoisotopic (exact) mass is 343 g/mol. The van der Waals surface area contributed by atoms with Gasteiger partial charge in [0.25, 0.3) is 0 Å². The molecular formula is C18H25N5O2. The number of likely N-dealkylation sites (N-methyl/N-ethyl adjacent to an activating group) is 1. The molecule has 1 saturated heterocycles. The fourth-order valence-electron chi connectivity index (χ4n) is 3.34. The molecule has 1 N–H and O–H groups in total. The molecule has 1 fully saturated rings. The summed E-state index contributed by atoms with van der Waals surface area (Å²) in [7, 11) is 1.98. The Morgan fingerprint density at radius 3 is 3.08 bits per heavy atom. The highest BCUT2D eigenvalue weighted by molar-refractivity contribution is 5.78. The van der Waals surface area contributed by atoms with Gasteiger partial charge in [-0.05, 0) is 51.1 Å². The van der Waals surface area contributed by atoms with Crippen molar-refractivity contribution in [2.45, 2.75) is 31.8 Å². The van der Waals surface area contributed by atoms with Gasteiger partial charge in [-0.25, -0.2) is 0 Å². The topological polar surface area (TPSA) is 74.5 Å². The Balaban J connectivity index is 1.50. The number of nitrogens with zero attached hydrogens (tertiary/aromatic N) is 4. The number of carbonyl (C=O) groups is 1. The molecule has 2 aromatic heterocycles. The zero-order chi connectivity index (χ0) is 17.6. The Labute approximate surface area is 148 Å². The van der Waals surface area contributed by atoms with E-state index >= 15 is 0 Å². The summed E-state index contributed by atoms with van der Waals surface area (Å²) < 4.78 is 5.32. The van der Waals surface area contributed by atoms with Crippen molar-refractivity contribution in [3.05, 3.63) is 42.5 Å². The maximum absolute atomic E-state index is 12.3. The van der Waals surface area contributed by atoms with Crippen LogP contribution in [0.4, 0.5) is 5.82 Å². The van der Waals surface area contributed by atoms with Crippen LogP contribution in [-0.2, 0) is 4.79 Å². The number of carbonyl (C=O) groups excluding carboxylic acids is 1. The van der Waals surface area contributed by atoms with Gasteiger partial charge in [0.15, 0.2) is 5.82 Å². The molecule has 134 valence electrons. The molecule has 1 aliphatic rings. The summed E-state index contributed by atoms with van der Waals surface area (Å²) >= 11 is 0. The first kappa shape index (κ1) is 17.4. The minimum Gasteiger partial charge on any atom is -0.467 e. The van der Waals surface area contributed by atoms with Gasteiger partial charge < -0.3 is 14.6 Å². The molecule has 7 heteroatoms. The highest BCUT2D eigenvalue weighted by Gasteiger charge is 2.27. The van der Waals surface area contributed by atoms with Crippen molar-refractivity contribution in [1.82, 2.24) is 20.4 Å². The van der Waals surface area contributed by atoms with E-state index in [1.807, 2.05) is 38.2 Å². The highest BCUT2D eigenvalue weighted by atomic mass is 16.3. The van der Waals surface area contributed by atoms with Gasteiger partial charge in [-0.15, -0.1) is 5.10 Å². The summed E-state index contributed by atoms with van der Waals surface area (Å²) in [5.74, 6) is 1.67. The highest BCUT2D eigenvalue weighted by Crippen LogP contribution is 2.23. The predicted molar refractivity (Wildman–Crippen MR) is 95.2 cm³/mol.